The second-order valence-electron chi connectivity index (χ2n) is 3.77. The van der Waals surface area contributed by atoms with Crippen molar-refractivity contribution in [2.24, 2.45) is 5.73 Å². The number of amides is 1. The molecule has 9 nitrogen and oxygen atoms in total. The Morgan fingerprint density at radius 1 is 1.45 bits per heavy atom. The number of nitrogens with zero attached hydrogens (tertiary/aromatic N) is 3. The molecular weight excluding hydrogens is 268 g/mol. The summed E-state index contributed by atoms with van der Waals surface area (Å²) < 4.78 is 15.9. The third-order valence-corrected chi connectivity index (χ3v) is 2.31. The van der Waals surface area contributed by atoms with Crippen molar-refractivity contribution in [2.75, 3.05) is 7.11 Å². The lowest BCUT2D eigenvalue weighted by Gasteiger charge is -1.97. The van der Waals surface area contributed by atoms with Crippen LogP contribution in [-0.4, -0.2) is 34.2 Å². The molecule has 9 heteroatoms. The van der Waals surface area contributed by atoms with Crippen LogP contribution in [0.15, 0.2) is 22.7 Å². The molecular formula is C11H12N4O5. The molecule has 2 aromatic rings. The largest absolute Gasteiger partial charge is 0.463 e. The normalized spacial score (nSPS) is 10.2. The highest BCUT2D eigenvalue weighted by molar-refractivity contribution is 5.86. The maximum absolute atomic E-state index is 11.2. The Balaban J connectivity index is 1.98. The standard InChI is InChI=1S/C11H12N4O5/c1-18-10(16)9-3-2-8(20-9)5-15-4-7(13-14-15)6-19-11(12)17/h2-4H,5-6H2,1H3,(H2,12,17). The van der Waals surface area contributed by atoms with Crippen LogP contribution in [0.2, 0.25) is 0 Å². The molecule has 106 valence electrons. The molecule has 0 radical (unpaired) electrons. The average Bonchev–Trinajstić information content (AvgIpc) is 3.05. The zero-order valence-corrected chi connectivity index (χ0v) is 10.6. The van der Waals surface area contributed by atoms with E-state index in [1.807, 2.05) is 0 Å². The number of aromatic nitrogens is 3. The Bertz CT molecular complexity index is 618. The highest BCUT2D eigenvalue weighted by Crippen LogP contribution is 2.10. The zero-order valence-electron chi connectivity index (χ0n) is 10.6. The minimum atomic E-state index is -0.881. The third-order valence-electron chi connectivity index (χ3n) is 2.31. The van der Waals surface area contributed by atoms with Gasteiger partial charge in [0.15, 0.2) is 0 Å². The lowest BCUT2D eigenvalue weighted by atomic mass is 10.4. The Kier molecular flexibility index (Phi) is 3.99. The van der Waals surface area contributed by atoms with E-state index in [1.165, 1.54) is 17.9 Å². The van der Waals surface area contributed by atoms with Gasteiger partial charge in [-0.15, -0.1) is 5.10 Å². The number of nitrogens with two attached hydrogens (primary N) is 1. The topological polar surface area (TPSA) is 122 Å². The predicted molar refractivity (Wildman–Crippen MR) is 63.5 cm³/mol. The number of hydrogen-bond acceptors (Lipinski definition) is 7. The summed E-state index contributed by atoms with van der Waals surface area (Å²) >= 11 is 0. The summed E-state index contributed by atoms with van der Waals surface area (Å²) in [5, 5.41) is 7.61. The summed E-state index contributed by atoms with van der Waals surface area (Å²) in [7, 11) is 1.27. The molecule has 0 atom stereocenters. The maximum Gasteiger partial charge on any atom is 0.404 e. The summed E-state index contributed by atoms with van der Waals surface area (Å²) in [6.45, 7) is 0.224. The van der Waals surface area contributed by atoms with Crippen LogP contribution in [-0.2, 0) is 22.6 Å². The van der Waals surface area contributed by atoms with Crippen molar-refractivity contribution in [3.8, 4) is 0 Å². The van der Waals surface area contributed by atoms with Gasteiger partial charge in [-0.2, -0.15) is 0 Å². The van der Waals surface area contributed by atoms with Crippen molar-refractivity contribution >= 4 is 12.1 Å². The molecule has 20 heavy (non-hydrogen) atoms. The number of primary amides is 1. The first kappa shape index (κ1) is 13.6. The van der Waals surface area contributed by atoms with E-state index in [-0.39, 0.29) is 18.9 Å². The van der Waals surface area contributed by atoms with E-state index in [9.17, 15) is 9.59 Å². The van der Waals surface area contributed by atoms with Gasteiger partial charge < -0.3 is 19.6 Å². The smallest absolute Gasteiger partial charge is 0.404 e. The van der Waals surface area contributed by atoms with Crippen LogP contribution >= 0.6 is 0 Å². The van der Waals surface area contributed by atoms with Gasteiger partial charge in [0, 0.05) is 0 Å². The minimum Gasteiger partial charge on any atom is -0.463 e. The average molecular weight is 280 g/mol. The summed E-state index contributed by atoms with van der Waals surface area (Å²) in [6, 6.07) is 3.14. The second-order valence-corrected chi connectivity index (χ2v) is 3.77. The molecule has 0 aliphatic carbocycles. The summed E-state index contributed by atoms with van der Waals surface area (Å²) in [5.41, 5.74) is 5.29. The van der Waals surface area contributed by atoms with Crippen LogP contribution in [0.4, 0.5) is 4.79 Å². The van der Waals surface area contributed by atoms with E-state index < -0.39 is 12.1 Å². The van der Waals surface area contributed by atoms with Gasteiger partial charge in [-0.25, -0.2) is 14.3 Å². The molecule has 0 saturated carbocycles. The maximum atomic E-state index is 11.2. The highest BCUT2D eigenvalue weighted by Gasteiger charge is 2.12. The Labute approximate surface area is 113 Å². The molecule has 0 unspecified atom stereocenters. The molecule has 2 rings (SSSR count). The highest BCUT2D eigenvalue weighted by atomic mass is 16.5. The first-order valence-corrected chi connectivity index (χ1v) is 5.56. The van der Waals surface area contributed by atoms with Crippen molar-refractivity contribution in [3.63, 3.8) is 0 Å². The van der Waals surface area contributed by atoms with E-state index in [2.05, 4.69) is 19.8 Å². The quantitative estimate of drug-likeness (QED) is 0.781. The van der Waals surface area contributed by atoms with E-state index >= 15 is 0 Å². The van der Waals surface area contributed by atoms with Crippen LogP contribution in [0.5, 0.6) is 0 Å². The number of methoxy groups -OCH3 is 1. The molecule has 1 amide bonds. The predicted octanol–water partition coefficient (Wildman–Crippen LogP) is 0.301. The van der Waals surface area contributed by atoms with Crippen molar-refractivity contribution in [2.45, 2.75) is 13.2 Å². The summed E-state index contributed by atoms with van der Waals surface area (Å²) in [4.78, 5) is 21.7. The van der Waals surface area contributed by atoms with E-state index in [1.54, 1.807) is 12.3 Å². The number of carbonyl (C=O) groups excluding carboxylic acids is 2. The Morgan fingerprint density at radius 3 is 2.95 bits per heavy atom. The number of ether oxygens (including phenoxy) is 2. The van der Waals surface area contributed by atoms with Gasteiger partial charge in [0.2, 0.25) is 5.76 Å². The fourth-order valence-electron chi connectivity index (χ4n) is 1.46. The van der Waals surface area contributed by atoms with E-state index in [4.69, 9.17) is 10.2 Å². The third kappa shape index (κ3) is 3.34. The summed E-state index contributed by atoms with van der Waals surface area (Å²) in [5.74, 6) is 0.0722. The molecule has 0 fully saturated rings. The SMILES string of the molecule is COC(=O)c1ccc(Cn2cc(COC(N)=O)nn2)o1. The van der Waals surface area contributed by atoms with Gasteiger partial charge in [-0.05, 0) is 12.1 Å². The minimum absolute atomic E-state index is 0.0547. The van der Waals surface area contributed by atoms with Gasteiger partial charge in [0.1, 0.15) is 24.6 Å². The fraction of sp³-hybridized carbons (Fsp3) is 0.273. The monoisotopic (exact) mass is 280 g/mol. The number of furan rings is 1. The van der Waals surface area contributed by atoms with E-state index in [0.717, 1.165) is 0 Å². The number of rotatable bonds is 5. The molecule has 0 aliphatic rings. The lowest BCUT2D eigenvalue weighted by Crippen LogP contribution is -2.12. The molecule has 0 saturated heterocycles. The van der Waals surface area contributed by atoms with Crippen LogP contribution in [0.1, 0.15) is 22.0 Å². The molecule has 0 aliphatic heterocycles. The van der Waals surface area contributed by atoms with Crippen molar-refractivity contribution in [1.82, 2.24) is 15.0 Å². The molecule has 0 spiro atoms. The molecule has 0 aromatic carbocycles. The van der Waals surface area contributed by atoms with Crippen molar-refractivity contribution < 1.29 is 23.5 Å². The second kappa shape index (κ2) is 5.87. The first-order valence-electron chi connectivity index (χ1n) is 5.56. The van der Waals surface area contributed by atoms with Crippen LogP contribution in [0.25, 0.3) is 0 Å². The number of esters is 1. The lowest BCUT2D eigenvalue weighted by molar-refractivity contribution is 0.0562. The Morgan fingerprint density at radius 2 is 2.25 bits per heavy atom. The van der Waals surface area contributed by atoms with Crippen molar-refractivity contribution in [1.29, 1.82) is 0 Å². The van der Waals surface area contributed by atoms with Gasteiger partial charge in [0.25, 0.3) is 0 Å². The van der Waals surface area contributed by atoms with Crippen molar-refractivity contribution in [3.05, 3.63) is 35.5 Å². The number of carbonyl (C=O) groups is 2. The molecule has 2 N–H and O–H groups in total. The first-order chi connectivity index (χ1) is 9.58. The summed E-state index contributed by atoms with van der Waals surface area (Å²) in [6.07, 6.45) is 0.691. The van der Waals surface area contributed by atoms with Gasteiger partial charge in [-0.3, -0.25) is 0 Å². The fourth-order valence-corrected chi connectivity index (χ4v) is 1.46. The Hall–Kier alpha value is -2.84. The van der Waals surface area contributed by atoms with E-state index in [0.29, 0.717) is 11.5 Å². The zero-order chi connectivity index (χ0) is 14.5. The molecule has 0 bridgehead atoms. The number of hydrogen-bond donors (Lipinski definition) is 1. The molecule has 2 aromatic heterocycles. The molecule has 2 heterocycles. The van der Waals surface area contributed by atoms with Crippen LogP contribution in [0, 0.1) is 0 Å². The van der Waals surface area contributed by atoms with Crippen LogP contribution < -0.4 is 5.73 Å². The van der Waals surface area contributed by atoms with Gasteiger partial charge >= 0.3 is 12.1 Å². The van der Waals surface area contributed by atoms with Crippen LogP contribution in [0.3, 0.4) is 0 Å². The van der Waals surface area contributed by atoms with Gasteiger partial charge in [0.05, 0.1) is 13.3 Å². The van der Waals surface area contributed by atoms with Gasteiger partial charge in [-0.1, -0.05) is 5.21 Å².